The number of Topliss-reactive ketones (excluding diaryl/α,β-unsaturated/α-hetero) is 1. The number of piperazine rings is 2. The van der Waals surface area contributed by atoms with E-state index >= 15 is 0 Å². The molecule has 0 spiro atoms. The molecule has 60 heavy (non-hydrogen) atoms. The lowest BCUT2D eigenvalue weighted by molar-refractivity contribution is -0.119. The fourth-order valence-corrected chi connectivity index (χ4v) is 9.32. The van der Waals surface area contributed by atoms with Crippen LogP contribution in [0.5, 0.6) is 0 Å². The summed E-state index contributed by atoms with van der Waals surface area (Å²) in [4.78, 5) is 52.3. The average Bonchev–Trinajstić information content (AvgIpc) is 3.87. The number of anilines is 8. The number of ketones is 1. The lowest BCUT2D eigenvalue weighted by Gasteiger charge is -2.36. The maximum Gasteiger partial charge on any atom is 0.227 e. The quantitative estimate of drug-likeness (QED) is 0.0790. The Morgan fingerprint density at radius 2 is 1.03 bits per heavy atom. The van der Waals surface area contributed by atoms with E-state index in [1.54, 1.807) is 35.1 Å². The molecule has 2 aliphatic heterocycles. The van der Waals surface area contributed by atoms with Crippen LogP contribution in [0.1, 0.15) is 24.2 Å². The van der Waals surface area contributed by atoms with E-state index in [1.807, 2.05) is 52.2 Å². The largest absolute Gasteiger partial charge is 0.369 e. The van der Waals surface area contributed by atoms with Crippen LogP contribution in [0.15, 0.2) is 73.1 Å². The number of aromatic nitrogens is 6. The van der Waals surface area contributed by atoms with Gasteiger partial charge in [-0.1, -0.05) is 34.8 Å². The van der Waals surface area contributed by atoms with Crippen LogP contribution in [0.4, 0.5) is 44.9 Å². The maximum absolute atomic E-state index is 13.0. The molecule has 6 aromatic rings. The van der Waals surface area contributed by atoms with Gasteiger partial charge in [-0.2, -0.15) is 0 Å². The zero-order valence-corrected chi connectivity index (χ0v) is 36.2. The molecule has 0 atom stereocenters. The van der Waals surface area contributed by atoms with Gasteiger partial charge in [0.2, 0.25) is 11.9 Å². The predicted molar refractivity (Wildman–Crippen MR) is 246 cm³/mol. The molecule has 17 heteroatoms. The summed E-state index contributed by atoms with van der Waals surface area (Å²) < 4.78 is 0. The highest BCUT2D eigenvalue weighted by Gasteiger charge is 2.21. The Balaban J connectivity index is 0.744. The van der Waals surface area contributed by atoms with Crippen molar-refractivity contribution in [2.45, 2.75) is 26.7 Å². The van der Waals surface area contributed by atoms with Gasteiger partial charge in [-0.15, -0.1) is 0 Å². The topological polar surface area (TPSA) is 155 Å². The Kier molecular flexibility index (Phi) is 13.1. The number of nitrogens with zero attached hydrogens (tertiary/aromatic N) is 10. The Labute approximate surface area is 359 Å². The molecule has 2 aliphatic rings. The zero-order valence-electron chi connectivity index (χ0n) is 34.6. The number of carbonyl (C=O) groups excluding carboxylic acids is 1. The minimum atomic E-state index is 0.343. The van der Waals surface area contributed by atoms with Crippen molar-refractivity contribution < 1.29 is 4.79 Å². The molecule has 4 aromatic heterocycles. The lowest BCUT2D eigenvalue weighted by atomic mass is 10.1. The van der Waals surface area contributed by atoms with Gasteiger partial charge in [-0.25, -0.2) is 29.9 Å². The van der Waals surface area contributed by atoms with E-state index in [4.69, 9.17) is 9.97 Å². The fraction of sp³-hybridized carbons (Fsp3) is 0.372. The highest BCUT2D eigenvalue weighted by molar-refractivity contribution is 7.19. The summed E-state index contributed by atoms with van der Waals surface area (Å²) >= 11 is 3.17. The van der Waals surface area contributed by atoms with E-state index in [0.29, 0.717) is 30.5 Å². The Hall–Kier alpha value is -5.75. The third kappa shape index (κ3) is 10.2. The molecule has 0 unspecified atom stereocenters. The summed E-state index contributed by atoms with van der Waals surface area (Å²) in [6.45, 7) is 13.0. The molecule has 6 heterocycles. The minimum absolute atomic E-state index is 0.343. The van der Waals surface area contributed by atoms with Gasteiger partial charge in [-0.3, -0.25) is 14.6 Å². The van der Waals surface area contributed by atoms with E-state index in [0.717, 1.165) is 131 Å². The van der Waals surface area contributed by atoms with Gasteiger partial charge < -0.3 is 31.1 Å². The summed E-state index contributed by atoms with van der Waals surface area (Å²) in [5.41, 5.74) is 7.80. The Morgan fingerprint density at radius 1 is 0.600 bits per heavy atom. The summed E-state index contributed by atoms with van der Waals surface area (Å²) in [6, 6.07) is 20.7. The molecule has 15 nitrogen and oxygen atoms in total. The molecule has 0 saturated carbocycles. The molecule has 2 fully saturated rings. The van der Waals surface area contributed by atoms with Crippen molar-refractivity contribution in [2.24, 2.45) is 0 Å². The second-order valence-corrected chi connectivity index (χ2v) is 16.9. The van der Waals surface area contributed by atoms with Gasteiger partial charge >= 0.3 is 0 Å². The van der Waals surface area contributed by atoms with Gasteiger partial charge in [0.15, 0.2) is 10.3 Å². The van der Waals surface area contributed by atoms with E-state index < -0.39 is 0 Å². The first-order chi connectivity index (χ1) is 29.3. The van der Waals surface area contributed by atoms with Crippen LogP contribution in [0.2, 0.25) is 0 Å². The highest BCUT2D eigenvalue weighted by atomic mass is 32.1. The molecule has 8 rings (SSSR count). The van der Waals surface area contributed by atoms with Gasteiger partial charge in [-0.05, 0) is 62.4 Å². The molecule has 0 aliphatic carbocycles. The van der Waals surface area contributed by atoms with E-state index in [9.17, 15) is 4.79 Å². The number of hydrogen-bond donors (Lipinski definition) is 4. The Morgan fingerprint density at radius 3 is 1.43 bits per heavy atom. The van der Waals surface area contributed by atoms with Crippen LogP contribution in [0.25, 0.3) is 21.1 Å². The first-order valence-electron chi connectivity index (χ1n) is 20.5. The van der Waals surface area contributed by atoms with Gasteiger partial charge in [0.1, 0.15) is 5.78 Å². The molecule has 0 radical (unpaired) electrons. The molecular weight excluding hydrogens is 793 g/mol. The Bertz CT molecular complexity index is 2220. The molecule has 2 aromatic carbocycles. The number of aryl methyl sites for hydroxylation is 2. The third-order valence-corrected chi connectivity index (χ3v) is 13.3. The third-order valence-electron chi connectivity index (χ3n) is 10.9. The average molecular weight is 845 g/mol. The standard InChI is InChI=1S/C43H52N14OS2/c1-29-38(59-42(44-3)48-29)36-11-15-46-40(52-36)50-31-7-5-9-33(27-31)56-23-19-54(20-24-56)17-13-35(58)14-18-55-21-25-57(26-22-55)34-10-6-8-32(28-34)51-41-47-16-12-37(53-41)39-30(2)49-43(45-4)60-39/h5-12,15-16,27-28H,13-14,17-26H2,1-4H3,(H,44,48)(H,45,49)(H,46,50,52)(H,47,51,53). The molecule has 312 valence electrons. The summed E-state index contributed by atoms with van der Waals surface area (Å²) in [7, 11) is 3.75. The molecule has 4 N–H and O–H groups in total. The molecular formula is C43H52N14OS2. The van der Waals surface area contributed by atoms with Crippen molar-refractivity contribution in [2.75, 3.05) is 111 Å². The van der Waals surface area contributed by atoms with Crippen LogP contribution >= 0.6 is 22.7 Å². The number of rotatable bonds is 16. The van der Waals surface area contributed by atoms with Gasteiger partial charge in [0.25, 0.3) is 0 Å². The molecule has 0 bridgehead atoms. The monoisotopic (exact) mass is 844 g/mol. The summed E-state index contributed by atoms with van der Waals surface area (Å²) in [5, 5.41) is 14.8. The number of nitrogens with one attached hydrogen (secondary N) is 4. The lowest BCUT2D eigenvalue weighted by Crippen LogP contribution is -2.47. The fourth-order valence-electron chi connectivity index (χ4n) is 7.54. The smallest absolute Gasteiger partial charge is 0.227 e. The second kappa shape index (κ2) is 19.1. The van der Waals surface area contributed by atoms with Gasteiger partial charge in [0.05, 0.1) is 32.5 Å². The normalized spacial score (nSPS) is 14.9. The first kappa shape index (κ1) is 41.0. The minimum Gasteiger partial charge on any atom is -0.369 e. The van der Waals surface area contributed by atoms with Crippen molar-refractivity contribution in [3.63, 3.8) is 0 Å². The van der Waals surface area contributed by atoms with Crippen molar-refractivity contribution in [3.8, 4) is 21.1 Å². The second-order valence-electron chi connectivity index (χ2n) is 14.9. The van der Waals surface area contributed by atoms with E-state index in [2.05, 4.69) is 97.2 Å². The van der Waals surface area contributed by atoms with Crippen LogP contribution in [0.3, 0.4) is 0 Å². The van der Waals surface area contributed by atoms with Crippen LogP contribution in [0, 0.1) is 13.8 Å². The van der Waals surface area contributed by atoms with Crippen LogP contribution < -0.4 is 31.1 Å². The van der Waals surface area contributed by atoms with Crippen molar-refractivity contribution >= 4 is 73.4 Å². The van der Waals surface area contributed by atoms with Crippen molar-refractivity contribution in [1.29, 1.82) is 0 Å². The van der Waals surface area contributed by atoms with Gasteiger partial charge in [0, 0.05) is 128 Å². The van der Waals surface area contributed by atoms with E-state index in [-0.39, 0.29) is 0 Å². The summed E-state index contributed by atoms with van der Waals surface area (Å²) in [6.07, 6.45) is 4.76. The summed E-state index contributed by atoms with van der Waals surface area (Å²) in [5.74, 6) is 1.45. The number of carbonyl (C=O) groups is 1. The maximum atomic E-state index is 13.0. The highest BCUT2D eigenvalue weighted by Crippen LogP contribution is 2.33. The number of hydrogen-bond acceptors (Lipinski definition) is 17. The van der Waals surface area contributed by atoms with Crippen LogP contribution in [-0.4, -0.2) is 125 Å². The first-order valence-corrected chi connectivity index (χ1v) is 22.1. The van der Waals surface area contributed by atoms with Crippen molar-refractivity contribution in [1.82, 2.24) is 39.7 Å². The molecule has 0 amide bonds. The SMILES string of the molecule is CNc1nc(C)c(-c2ccnc(Nc3cccc(N4CCN(CCC(=O)CCN5CCN(c6cccc(Nc7nccc(-c8sc(NC)nc8C)n7)c6)CC5)CC4)c3)n2)s1. The predicted octanol–water partition coefficient (Wildman–Crippen LogP) is 6.99. The van der Waals surface area contributed by atoms with E-state index in [1.165, 1.54) is 0 Å². The number of benzene rings is 2. The zero-order chi connectivity index (χ0) is 41.4. The number of thiazole rings is 2. The molecule has 2 saturated heterocycles. The van der Waals surface area contributed by atoms with Crippen molar-refractivity contribution in [3.05, 3.63) is 84.4 Å². The van der Waals surface area contributed by atoms with Crippen LogP contribution in [-0.2, 0) is 4.79 Å².